The molecule has 0 unspecified atom stereocenters. The summed E-state index contributed by atoms with van der Waals surface area (Å²) in [7, 11) is 0. The maximum Gasteiger partial charge on any atom is 0.121 e. The van der Waals surface area contributed by atoms with Crippen LogP contribution in [0, 0.1) is 19.0 Å². The van der Waals surface area contributed by atoms with Crippen LogP contribution in [-0.2, 0) is 20.1 Å². The zero-order chi connectivity index (χ0) is 44.9. The number of nitrogens with zero attached hydrogens (tertiary/aromatic N) is 3. The first-order valence-electron chi connectivity index (χ1n) is 23.1. The van der Waals surface area contributed by atoms with Gasteiger partial charge in [-0.1, -0.05) is 125 Å². The van der Waals surface area contributed by atoms with Gasteiger partial charge >= 0.3 is 0 Å². The molecule has 3 aromatic heterocycles. The van der Waals surface area contributed by atoms with Crippen LogP contribution in [0.25, 0.3) is 82.8 Å². The molecule has 4 nitrogen and oxygen atoms in total. The minimum absolute atomic E-state index is 0. The van der Waals surface area contributed by atoms with Crippen LogP contribution in [0.15, 0.2) is 144 Å². The van der Waals surface area contributed by atoms with Crippen LogP contribution in [0.3, 0.4) is 0 Å². The van der Waals surface area contributed by atoms with E-state index in [-0.39, 0.29) is 25.7 Å². The Morgan fingerprint density at radius 1 is 0.689 bits per heavy atom. The van der Waals surface area contributed by atoms with Crippen molar-refractivity contribution in [2.75, 3.05) is 0 Å². The number of benzene rings is 7. The van der Waals surface area contributed by atoms with Gasteiger partial charge in [-0.2, -0.15) is 0 Å². The Hall–Kier alpha value is -5.87. The second-order valence-electron chi connectivity index (χ2n) is 16.1. The summed E-state index contributed by atoms with van der Waals surface area (Å²) in [4.78, 5) is 9.53. The van der Waals surface area contributed by atoms with Gasteiger partial charge in [0.25, 0.3) is 0 Å². The molecule has 1 radical (unpaired) electrons. The molecule has 5 heteroatoms. The van der Waals surface area contributed by atoms with Crippen molar-refractivity contribution in [3.05, 3.63) is 174 Å². The van der Waals surface area contributed by atoms with Crippen molar-refractivity contribution in [2.45, 2.75) is 79.0 Å². The summed E-state index contributed by atoms with van der Waals surface area (Å²) in [6.07, 6.45) is 2.40. The Morgan fingerprint density at radius 3 is 2.16 bits per heavy atom. The minimum atomic E-state index is -2.35. The molecule has 0 saturated carbocycles. The van der Waals surface area contributed by atoms with E-state index in [1.54, 1.807) is 6.07 Å². The third kappa shape index (κ3) is 7.71. The minimum Gasteiger partial charge on any atom is -0.501 e. The number of aromatic nitrogens is 3. The van der Waals surface area contributed by atoms with Crippen molar-refractivity contribution in [1.82, 2.24) is 14.5 Å². The van der Waals surface area contributed by atoms with Gasteiger partial charge in [0.05, 0.1) is 22.4 Å². The molecular formula is C56H51IrN3O-2. The molecule has 3 heterocycles. The van der Waals surface area contributed by atoms with Gasteiger partial charge in [-0.05, 0) is 111 Å². The molecule has 0 spiro atoms. The molecule has 10 rings (SSSR count). The van der Waals surface area contributed by atoms with Crippen molar-refractivity contribution in [1.29, 1.82) is 0 Å². The average Bonchev–Trinajstić information content (AvgIpc) is 3.88. The predicted octanol–water partition coefficient (Wildman–Crippen LogP) is 15.7. The quantitative estimate of drug-likeness (QED) is 0.113. The van der Waals surface area contributed by atoms with E-state index >= 15 is 0 Å². The molecular weight excluding hydrogens is 923 g/mol. The molecule has 0 bridgehead atoms. The number of para-hydroxylation sites is 3. The number of pyridine rings is 1. The fourth-order valence-electron chi connectivity index (χ4n) is 8.68. The van der Waals surface area contributed by atoms with Crippen LogP contribution in [-0.4, -0.2) is 14.5 Å². The third-order valence-corrected chi connectivity index (χ3v) is 11.8. The largest absolute Gasteiger partial charge is 0.501 e. The van der Waals surface area contributed by atoms with Crippen molar-refractivity contribution in [3.8, 4) is 28.3 Å². The summed E-state index contributed by atoms with van der Waals surface area (Å²) < 4.78 is 41.9. The molecule has 0 atom stereocenters. The van der Waals surface area contributed by atoms with E-state index in [9.17, 15) is 0 Å². The molecule has 0 aliphatic heterocycles. The van der Waals surface area contributed by atoms with E-state index in [4.69, 9.17) is 14.9 Å². The molecule has 0 aliphatic carbocycles. The number of imidazole rings is 1. The van der Waals surface area contributed by atoms with Crippen LogP contribution in [0.5, 0.6) is 0 Å². The van der Waals surface area contributed by atoms with Crippen LogP contribution in [0.2, 0.25) is 0 Å². The van der Waals surface area contributed by atoms with Gasteiger partial charge in [0, 0.05) is 42.9 Å². The van der Waals surface area contributed by atoms with E-state index in [1.165, 1.54) is 33.8 Å². The number of hydrogen-bond acceptors (Lipinski definition) is 3. The van der Waals surface area contributed by atoms with Crippen LogP contribution in [0.1, 0.15) is 99.9 Å². The maximum absolute atomic E-state index is 9.03. The first-order valence-corrected chi connectivity index (χ1v) is 21.1. The molecule has 0 fully saturated rings. The maximum atomic E-state index is 9.03. The van der Waals surface area contributed by atoms with E-state index in [1.807, 2.05) is 56.3 Å². The van der Waals surface area contributed by atoms with Crippen molar-refractivity contribution < 1.29 is 30.0 Å². The van der Waals surface area contributed by atoms with Gasteiger partial charge in [0.15, 0.2) is 0 Å². The second kappa shape index (κ2) is 17.6. The van der Waals surface area contributed by atoms with E-state index in [2.05, 4.69) is 134 Å². The van der Waals surface area contributed by atoms with Crippen LogP contribution >= 0.6 is 0 Å². The normalized spacial score (nSPS) is 13.0. The van der Waals surface area contributed by atoms with Gasteiger partial charge in [-0.3, -0.25) is 4.98 Å². The molecule has 0 N–H and O–H groups in total. The number of fused-ring (bicyclic) bond motifs is 7. The van der Waals surface area contributed by atoms with Crippen molar-refractivity contribution in [3.63, 3.8) is 0 Å². The Morgan fingerprint density at radius 2 is 1.43 bits per heavy atom. The van der Waals surface area contributed by atoms with Gasteiger partial charge in [-0.25, -0.2) is 0 Å². The van der Waals surface area contributed by atoms with E-state index in [0.29, 0.717) is 47.1 Å². The summed E-state index contributed by atoms with van der Waals surface area (Å²) in [5.74, 6) is 0.772. The molecule has 0 aliphatic rings. The van der Waals surface area contributed by atoms with Gasteiger partial charge in [0.1, 0.15) is 5.58 Å². The Labute approximate surface area is 378 Å². The fraction of sp³-hybridized carbons (Fsp3) is 0.214. The molecule has 61 heavy (non-hydrogen) atoms. The first kappa shape index (κ1) is 36.9. The number of hydrogen-bond donors (Lipinski definition) is 0. The Balaban J connectivity index is 0.000000183. The SMILES string of the molecule is CC(C)c1cccc(C(C)C)c1-n1c(-c2[c-]cccc2)nc2ccccc21.[2H]C([2H])([2H])c1cnc(-c2[c-]ccc3c2oc2cc4c(ccc5ccccc54)cc23)cc1C([2H])(CC)CC.[Ir]. The van der Waals surface area contributed by atoms with E-state index < -0.39 is 12.7 Å². The van der Waals surface area contributed by atoms with Gasteiger partial charge < -0.3 is 14.0 Å². The fourth-order valence-corrected chi connectivity index (χ4v) is 8.68. The van der Waals surface area contributed by atoms with Crippen LogP contribution in [0.4, 0.5) is 0 Å². The topological polar surface area (TPSA) is 43.9 Å². The van der Waals surface area contributed by atoms with E-state index in [0.717, 1.165) is 49.5 Å². The summed E-state index contributed by atoms with van der Waals surface area (Å²) in [5, 5.41) is 6.57. The Bertz CT molecular complexity index is 3300. The summed E-state index contributed by atoms with van der Waals surface area (Å²) in [6.45, 7) is 10.5. The third-order valence-electron chi connectivity index (χ3n) is 11.8. The molecule has 307 valence electrons. The van der Waals surface area contributed by atoms with Gasteiger partial charge in [-0.15, -0.1) is 54.1 Å². The monoisotopic (exact) mass is 978 g/mol. The number of furan rings is 1. The summed E-state index contributed by atoms with van der Waals surface area (Å²) >= 11 is 0. The molecule has 0 amide bonds. The smallest absolute Gasteiger partial charge is 0.121 e. The number of aryl methyl sites for hydroxylation is 1. The zero-order valence-corrected chi connectivity index (χ0v) is 37.8. The average molecular weight is 978 g/mol. The van der Waals surface area contributed by atoms with Gasteiger partial charge in [0.2, 0.25) is 0 Å². The van der Waals surface area contributed by atoms with Crippen molar-refractivity contribution >= 4 is 54.5 Å². The molecule has 7 aromatic carbocycles. The first-order chi connectivity index (χ1) is 30.8. The predicted molar refractivity (Wildman–Crippen MR) is 252 cm³/mol. The molecule has 0 saturated heterocycles. The number of rotatable bonds is 8. The standard InChI is InChI=1S/C31H26NO.C25H25N2.Ir/c1-4-20(5-2)26-16-29(32-18-19(26)3)25-12-8-11-24-28-15-22-14-13-21-9-6-7-10-23(21)27(22)17-30(28)33-31(24)25;1-17(2)20-13-10-14-21(18(3)4)24(20)27-23-16-9-8-15-22(23)26-25(27)19-11-6-5-7-12-19;/h6-11,13-18,20H,4-5H2,1-3H3;5-11,13-18H,1-4H3;/q2*-1;/i3D3,20D;;. The molecule has 10 aromatic rings. The van der Waals surface area contributed by atoms with Crippen molar-refractivity contribution in [2.24, 2.45) is 0 Å². The van der Waals surface area contributed by atoms with Crippen LogP contribution < -0.4 is 0 Å². The Kier molecular flexibility index (Phi) is 10.7. The zero-order valence-electron chi connectivity index (χ0n) is 39.4. The second-order valence-corrected chi connectivity index (χ2v) is 16.1. The summed E-state index contributed by atoms with van der Waals surface area (Å²) in [6, 6.07) is 52.2. The summed E-state index contributed by atoms with van der Waals surface area (Å²) in [5.41, 5.74) is 10.4.